The molecule has 26 heavy (non-hydrogen) atoms. The van der Waals surface area contributed by atoms with Crippen LogP contribution in [0.5, 0.6) is 11.5 Å². The summed E-state index contributed by atoms with van der Waals surface area (Å²) in [6, 6.07) is 13.1. The molecule has 138 valence electrons. The lowest BCUT2D eigenvalue weighted by atomic mass is 10.1. The van der Waals surface area contributed by atoms with E-state index < -0.39 is 0 Å². The van der Waals surface area contributed by atoms with E-state index in [9.17, 15) is 4.79 Å². The zero-order valence-electron chi connectivity index (χ0n) is 15.6. The zero-order chi connectivity index (χ0) is 18.9. The van der Waals surface area contributed by atoms with E-state index in [-0.39, 0.29) is 12.0 Å². The van der Waals surface area contributed by atoms with Gasteiger partial charge >= 0.3 is 0 Å². The molecule has 0 bridgehead atoms. The van der Waals surface area contributed by atoms with Crippen molar-refractivity contribution in [2.24, 2.45) is 0 Å². The molecule has 0 atom stereocenters. The van der Waals surface area contributed by atoms with Crippen molar-refractivity contribution in [2.75, 3.05) is 19.5 Å². The minimum Gasteiger partial charge on any atom is -0.493 e. The Hall–Kier alpha value is -2.79. The Morgan fingerprint density at radius 3 is 2.62 bits per heavy atom. The average molecular weight is 355 g/mol. The van der Waals surface area contributed by atoms with Crippen molar-refractivity contribution in [3.05, 3.63) is 59.7 Å². The van der Waals surface area contributed by atoms with Crippen molar-refractivity contribution < 1.29 is 19.0 Å². The van der Waals surface area contributed by atoms with Gasteiger partial charge in [0.15, 0.2) is 11.5 Å². The molecule has 0 saturated heterocycles. The molecule has 0 saturated carbocycles. The molecule has 0 aliphatic carbocycles. The van der Waals surface area contributed by atoms with Gasteiger partial charge in [-0.05, 0) is 55.3 Å². The van der Waals surface area contributed by atoms with Crippen LogP contribution in [0.25, 0.3) is 6.08 Å². The molecule has 5 nitrogen and oxygen atoms in total. The standard InChI is InChI=1S/C21H25NO4/c1-15(2)26-19-10-8-16(13-20(19)25-4)9-11-21(23)22-18-7-5-6-17(12-18)14-24-3/h5-13,15H,14H2,1-4H3,(H,22,23)/b11-9+. The molecule has 0 radical (unpaired) electrons. The van der Waals surface area contributed by atoms with Crippen LogP contribution in [0.4, 0.5) is 5.69 Å². The van der Waals surface area contributed by atoms with Crippen molar-refractivity contribution in [1.29, 1.82) is 0 Å². The molecule has 1 amide bonds. The van der Waals surface area contributed by atoms with Crippen molar-refractivity contribution in [2.45, 2.75) is 26.6 Å². The van der Waals surface area contributed by atoms with Gasteiger partial charge in [-0.15, -0.1) is 0 Å². The highest BCUT2D eigenvalue weighted by molar-refractivity contribution is 6.02. The van der Waals surface area contributed by atoms with Gasteiger partial charge in [-0.25, -0.2) is 0 Å². The quantitative estimate of drug-likeness (QED) is 0.718. The van der Waals surface area contributed by atoms with E-state index >= 15 is 0 Å². The number of amides is 1. The number of methoxy groups -OCH3 is 2. The maximum atomic E-state index is 12.1. The molecule has 5 heteroatoms. The largest absolute Gasteiger partial charge is 0.493 e. The number of hydrogen-bond donors (Lipinski definition) is 1. The first-order chi connectivity index (χ1) is 12.5. The first kappa shape index (κ1) is 19.5. The number of benzene rings is 2. The molecule has 2 aromatic carbocycles. The highest BCUT2D eigenvalue weighted by Gasteiger charge is 2.07. The molecule has 2 aromatic rings. The van der Waals surface area contributed by atoms with Crippen LogP contribution in [0.1, 0.15) is 25.0 Å². The number of hydrogen-bond acceptors (Lipinski definition) is 4. The van der Waals surface area contributed by atoms with Gasteiger partial charge in [0.05, 0.1) is 19.8 Å². The molecular formula is C21H25NO4. The molecule has 0 aliphatic heterocycles. The number of rotatable bonds is 8. The van der Waals surface area contributed by atoms with E-state index in [1.165, 1.54) is 6.08 Å². The second-order valence-electron chi connectivity index (χ2n) is 6.03. The van der Waals surface area contributed by atoms with E-state index in [4.69, 9.17) is 14.2 Å². The Labute approximate surface area is 154 Å². The van der Waals surface area contributed by atoms with Crippen LogP contribution in [0.15, 0.2) is 48.5 Å². The lowest BCUT2D eigenvalue weighted by Crippen LogP contribution is -2.08. The van der Waals surface area contributed by atoms with Crippen molar-refractivity contribution in [1.82, 2.24) is 0 Å². The van der Waals surface area contributed by atoms with Gasteiger partial charge < -0.3 is 19.5 Å². The summed E-state index contributed by atoms with van der Waals surface area (Å²) in [4.78, 5) is 12.1. The average Bonchev–Trinajstić information content (AvgIpc) is 2.61. The van der Waals surface area contributed by atoms with Crippen LogP contribution >= 0.6 is 0 Å². The summed E-state index contributed by atoms with van der Waals surface area (Å²) in [5, 5.41) is 2.84. The van der Waals surface area contributed by atoms with Crippen molar-refractivity contribution in [3.8, 4) is 11.5 Å². The summed E-state index contributed by atoms with van der Waals surface area (Å²) in [7, 11) is 3.23. The van der Waals surface area contributed by atoms with Gasteiger partial charge in [0, 0.05) is 18.9 Å². The van der Waals surface area contributed by atoms with E-state index in [1.54, 1.807) is 20.3 Å². The molecule has 0 heterocycles. The topological polar surface area (TPSA) is 56.8 Å². The first-order valence-electron chi connectivity index (χ1n) is 8.43. The Morgan fingerprint density at radius 2 is 1.92 bits per heavy atom. The highest BCUT2D eigenvalue weighted by atomic mass is 16.5. The Bertz CT molecular complexity index is 768. The smallest absolute Gasteiger partial charge is 0.248 e. The molecule has 0 aliphatic rings. The number of ether oxygens (including phenoxy) is 3. The van der Waals surface area contributed by atoms with Gasteiger partial charge in [-0.2, -0.15) is 0 Å². The summed E-state index contributed by atoms with van der Waals surface area (Å²) < 4.78 is 16.1. The summed E-state index contributed by atoms with van der Waals surface area (Å²) in [6.45, 7) is 4.42. The van der Waals surface area contributed by atoms with Gasteiger partial charge in [-0.1, -0.05) is 18.2 Å². The molecule has 0 aromatic heterocycles. The molecule has 1 N–H and O–H groups in total. The van der Waals surface area contributed by atoms with E-state index in [0.717, 1.165) is 16.8 Å². The Kier molecular flexibility index (Phi) is 7.24. The predicted octanol–water partition coefficient (Wildman–Crippen LogP) is 4.28. The van der Waals surface area contributed by atoms with Gasteiger partial charge in [0.25, 0.3) is 0 Å². The SMILES string of the molecule is COCc1cccc(NC(=O)/C=C/c2ccc(OC(C)C)c(OC)c2)c1. The van der Waals surface area contributed by atoms with Crippen LogP contribution in [-0.2, 0) is 16.1 Å². The number of anilines is 1. The minimum absolute atomic E-state index is 0.0601. The maximum absolute atomic E-state index is 12.1. The second-order valence-corrected chi connectivity index (χ2v) is 6.03. The van der Waals surface area contributed by atoms with Gasteiger partial charge in [-0.3, -0.25) is 4.79 Å². The lowest BCUT2D eigenvalue weighted by Gasteiger charge is -2.13. The molecular weight excluding hydrogens is 330 g/mol. The highest BCUT2D eigenvalue weighted by Crippen LogP contribution is 2.29. The third-order valence-electron chi connectivity index (χ3n) is 3.48. The fourth-order valence-electron chi connectivity index (χ4n) is 2.40. The third-order valence-corrected chi connectivity index (χ3v) is 3.48. The molecule has 0 spiro atoms. The van der Waals surface area contributed by atoms with Crippen LogP contribution in [0.3, 0.4) is 0 Å². The fraction of sp³-hybridized carbons (Fsp3) is 0.286. The molecule has 2 rings (SSSR count). The van der Waals surface area contributed by atoms with Crippen LogP contribution in [0, 0.1) is 0 Å². The van der Waals surface area contributed by atoms with Crippen LogP contribution in [-0.4, -0.2) is 26.2 Å². The van der Waals surface area contributed by atoms with E-state index in [2.05, 4.69) is 5.32 Å². The third kappa shape index (κ3) is 5.93. The Morgan fingerprint density at radius 1 is 1.12 bits per heavy atom. The number of nitrogens with one attached hydrogen (secondary N) is 1. The number of carbonyl (C=O) groups excluding carboxylic acids is 1. The van der Waals surface area contributed by atoms with E-state index in [0.29, 0.717) is 18.1 Å². The summed E-state index contributed by atoms with van der Waals surface area (Å²) in [5.74, 6) is 1.11. The van der Waals surface area contributed by atoms with Crippen molar-refractivity contribution in [3.63, 3.8) is 0 Å². The van der Waals surface area contributed by atoms with E-state index in [1.807, 2.05) is 56.3 Å². The predicted molar refractivity (Wildman–Crippen MR) is 104 cm³/mol. The number of carbonyl (C=O) groups is 1. The lowest BCUT2D eigenvalue weighted by molar-refractivity contribution is -0.111. The summed E-state index contributed by atoms with van der Waals surface area (Å²) >= 11 is 0. The van der Waals surface area contributed by atoms with Crippen molar-refractivity contribution >= 4 is 17.7 Å². The monoisotopic (exact) mass is 355 g/mol. The Balaban J connectivity index is 2.04. The van der Waals surface area contributed by atoms with Gasteiger partial charge in [0.2, 0.25) is 5.91 Å². The second kappa shape index (κ2) is 9.63. The fourth-order valence-corrected chi connectivity index (χ4v) is 2.40. The zero-order valence-corrected chi connectivity index (χ0v) is 15.6. The normalized spacial score (nSPS) is 11.0. The molecule has 0 fully saturated rings. The maximum Gasteiger partial charge on any atom is 0.248 e. The summed E-state index contributed by atoms with van der Waals surface area (Å²) in [5.41, 5.74) is 2.58. The van der Waals surface area contributed by atoms with Crippen LogP contribution in [0.2, 0.25) is 0 Å². The van der Waals surface area contributed by atoms with Gasteiger partial charge in [0.1, 0.15) is 0 Å². The van der Waals surface area contributed by atoms with Crippen LogP contribution < -0.4 is 14.8 Å². The minimum atomic E-state index is -0.207. The summed E-state index contributed by atoms with van der Waals surface area (Å²) in [6.07, 6.45) is 3.28. The molecule has 0 unspecified atom stereocenters. The first-order valence-corrected chi connectivity index (χ1v) is 8.43.